The minimum absolute atomic E-state index is 0.0925. The van der Waals surface area contributed by atoms with Gasteiger partial charge in [0.25, 0.3) is 0 Å². The number of guanidine groups is 1. The molecule has 0 aliphatic heterocycles. The molecule has 26 heavy (non-hydrogen) atoms. The molecule has 142 valence electrons. The zero-order valence-electron chi connectivity index (χ0n) is 15.1. The van der Waals surface area contributed by atoms with E-state index in [9.17, 15) is 8.78 Å². The monoisotopic (exact) mass is 384 g/mol. The van der Waals surface area contributed by atoms with Crippen LogP contribution in [0.5, 0.6) is 11.5 Å². The summed E-state index contributed by atoms with van der Waals surface area (Å²) in [6, 6.07) is 4.67. The van der Waals surface area contributed by atoms with Crippen molar-refractivity contribution in [3.63, 3.8) is 0 Å². The van der Waals surface area contributed by atoms with Gasteiger partial charge in [-0.2, -0.15) is 8.78 Å². The van der Waals surface area contributed by atoms with Gasteiger partial charge in [-0.1, -0.05) is 0 Å². The highest BCUT2D eigenvalue weighted by Gasteiger charge is 2.12. The van der Waals surface area contributed by atoms with Crippen LogP contribution in [0.1, 0.15) is 21.1 Å². The van der Waals surface area contributed by atoms with Crippen molar-refractivity contribution in [2.75, 3.05) is 14.2 Å². The third-order valence-corrected chi connectivity index (χ3v) is 4.71. The van der Waals surface area contributed by atoms with Gasteiger partial charge in [-0.05, 0) is 32.0 Å². The molecule has 2 rings (SSSR count). The average Bonchev–Trinajstić information content (AvgIpc) is 2.93. The van der Waals surface area contributed by atoms with E-state index in [1.807, 2.05) is 13.8 Å². The number of nitrogens with one attached hydrogen (secondary N) is 2. The highest BCUT2D eigenvalue weighted by atomic mass is 32.1. The van der Waals surface area contributed by atoms with E-state index in [2.05, 4.69) is 25.3 Å². The van der Waals surface area contributed by atoms with Crippen LogP contribution >= 0.6 is 11.3 Å². The van der Waals surface area contributed by atoms with Crippen LogP contribution in [0.4, 0.5) is 8.78 Å². The normalized spacial score (nSPS) is 11.6. The first-order valence-corrected chi connectivity index (χ1v) is 8.73. The zero-order chi connectivity index (χ0) is 19.1. The van der Waals surface area contributed by atoms with Crippen molar-refractivity contribution in [3.8, 4) is 11.5 Å². The summed E-state index contributed by atoms with van der Waals surface area (Å²) in [5, 5.41) is 7.18. The Hall–Kier alpha value is -2.42. The fourth-order valence-corrected chi connectivity index (χ4v) is 3.08. The Bertz CT molecular complexity index is 746. The topological polar surface area (TPSA) is 67.8 Å². The number of hydrogen-bond donors (Lipinski definition) is 2. The lowest BCUT2D eigenvalue weighted by Gasteiger charge is -2.15. The Morgan fingerprint density at radius 1 is 1.27 bits per heavy atom. The molecule has 0 unspecified atom stereocenters. The number of rotatable bonds is 7. The molecule has 0 spiro atoms. The van der Waals surface area contributed by atoms with Gasteiger partial charge in [-0.15, -0.1) is 11.3 Å². The van der Waals surface area contributed by atoms with E-state index in [-0.39, 0.29) is 12.3 Å². The van der Waals surface area contributed by atoms with Gasteiger partial charge in [0.2, 0.25) is 0 Å². The molecule has 9 heteroatoms. The molecule has 0 amide bonds. The lowest BCUT2D eigenvalue weighted by Crippen LogP contribution is -2.36. The van der Waals surface area contributed by atoms with Crippen molar-refractivity contribution in [2.24, 2.45) is 4.99 Å². The molecular formula is C17H22F2N4O2S. The Morgan fingerprint density at radius 3 is 2.58 bits per heavy atom. The molecule has 0 saturated carbocycles. The number of benzene rings is 1. The predicted molar refractivity (Wildman–Crippen MR) is 98.3 cm³/mol. The van der Waals surface area contributed by atoms with Crippen LogP contribution in [0.2, 0.25) is 0 Å². The van der Waals surface area contributed by atoms with Crippen molar-refractivity contribution < 1.29 is 18.3 Å². The Balaban J connectivity index is 2.00. The maximum atomic E-state index is 12.6. The number of hydrogen-bond acceptors (Lipinski definition) is 5. The lowest BCUT2D eigenvalue weighted by atomic mass is 10.2. The number of aromatic nitrogens is 1. The molecule has 0 bridgehead atoms. The first-order valence-electron chi connectivity index (χ1n) is 7.92. The van der Waals surface area contributed by atoms with Crippen LogP contribution in [0.25, 0.3) is 0 Å². The molecule has 1 aromatic heterocycles. The molecule has 0 aliphatic carbocycles. The molecule has 6 nitrogen and oxygen atoms in total. The van der Waals surface area contributed by atoms with Crippen LogP contribution in [-0.4, -0.2) is 31.7 Å². The molecule has 1 heterocycles. The van der Waals surface area contributed by atoms with Gasteiger partial charge in [-0.25, -0.2) is 4.98 Å². The van der Waals surface area contributed by atoms with Crippen molar-refractivity contribution in [3.05, 3.63) is 39.3 Å². The smallest absolute Gasteiger partial charge is 0.387 e. The second-order valence-corrected chi connectivity index (χ2v) is 6.67. The quantitative estimate of drug-likeness (QED) is 0.567. The van der Waals surface area contributed by atoms with Crippen molar-refractivity contribution >= 4 is 17.3 Å². The van der Waals surface area contributed by atoms with E-state index in [0.717, 1.165) is 10.7 Å². The number of aliphatic imine (C=N–C) groups is 1. The number of halogens is 2. The Kier molecular flexibility index (Phi) is 7.14. The SMILES string of the molecule is CN=C(NCc1nc(C)c(C)s1)NCc1cc(OC)ccc1OC(F)F. The van der Waals surface area contributed by atoms with Crippen LogP contribution in [0.3, 0.4) is 0 Å². The first-order chi connectivity index (χ1) is 12.4. The lowest BCUT2D eigenvalue weighted by molar-refractivity contribution is -0.0504. The molecule has 2 aromatic rings. The second-order valence-electron chi connectivity index (χ2n) is 5.38. The molecule has 0 saturated heterocycles. The van der Waals surface area contributed by atoms with Gasteiger partial charge in [-0.3, -0.25) is 4.99 Å². The summed E-state index contributed by atoms with van der Waals surface area (Å²) >= 11 is 1.62. The summed E-state index contributed by atoms with van der Waals surface area (Å²) in [6.45, 7) is 1.87. The predicted octanol–water partition coefficient (Wildman–Crippen LogP) is 3.24. The minimum atomic E-state index is -2.89. The van der Waals surface area contributed by atoms with Gasteiger partial charge in [0.05, 0.1) is 19.3 Å². The van der Waals surface area contributed by atoms with Crippen LogP contribution in [0.15, 0.2) is 23.2 Å². The van der Waals surface area contributed by atoms with Gasteiger partial charge >= 0.3 is 6.61 Å². The van der Waals surface area contributed by atoms with Crippen molar-refractivity contribution in [1.82, 2.24) is 15.6 Å². The van der Waals surface area contributed by atoms with Crippen molar-refractivity contribution in [2.45, 2.75) is 33.5 Å². The Morgan fingerprint density at radius 2 is 2.00 bits per heavy atom. The standard InChI is InChI=1S/C17H22F2N4O2S/c1-10-11(2)26-15(23-10)9-22-17(20-3)21-8-12-7-13(24-4)5-6-14(12)25-16(18)19/h5-7,16H,8-9H2,1-4H3,(H2,20,21,22). The number of aryl methyl sites for hydroxylation is 2. The van der Waals surface area contributed by atoms with Crippen molar-refractivity contribution in [1.29, 1.82) is 0 Å². The summed E-state index contributed by atoms with van der Waals surface area (Å²) < 4.78 is 34.9. The first kappa shape index (κ1) is 19.9. The number of nitrogens with zero attached hydrogens (tertiary/aromatic N) is 2. The summed E-state index contributed by atoms with van der Waals surface area (Å²) in [4.78, 5) is 9.77. The maximum absolute atomic E-state index is 12.6. The summed E-state index contributed by atoms with van der Waals surface area (Å²) in [6.07, 6.45) is 0. The largest absolute Gasteiger partial charge is 0.497 e. The fraction of sp³-hybridized carbons (Fsp3) is 0.412. The average molecular weight is 384 g/mol. The molecule has 0 atom stereocenters. The molecule has 2 N–H and O–H groups in total. The molecule has 0 fully saturated rings. The van der Waals surface area contributed by atoms with Crippen LogP contribution < -0.4 is 20.1 Å². The van der Waals surface area contributed by atoms with Gasteiger partial charge in [0, 0.05) is 24.0 Å². The van der Waals surface area contributed by atoms with E-state index in [1.54, 1.807) is 30.5 Å². The highest BCUT2D eigenvalue weighted by molar-refractivity contribution is 7.11. The Labute approximate surface area is 155 Å². The maximum Gasteiger partial charge on any atom is 0.387 e. The molecule has 0 radical (unpaired) electrons. The van der Waals surface area contributed by atoms with Gasteiger partial charge < -0.3 is 20.1 Å². The van der Waals surface area contributed by atoms with E-state index >= 15 is 0 Å². The third-order valence-electron chi connectivity index (χ3n) is 3.63. The van der Waals surface area contributed by atoms with Gasteiger partial charge in [0.1, 0.15) is 16.5 Å². The van der Waals surface area contributed by atoms with Gasteiger partial charge in [0.15, 0.2) is 5.96 Å². The van der Waals surface area contributed by atoms with E-state index in [0.29, 0.717) is 23.8 Å². The molecule has 1 aromatic carbocycles. The van der Waals surface area contributed by atoms with Crippen LogP contribution in [0, 0.1) is 13.8 Å². The van der Waals surface area contributed by atoms with Crippen LogP contribution in [-0.2, 0) is 13.1 Å². The van der Waals surface area contributed by atoms with E-state index in [4.69, 9.17) is 4.74 Å². The fourth-order valence-electron chi connectivity index (χ4n) is 2.21. The number of alkyl halides is 2. The summed E-state index contributed by atoms with van der Waals surface area (Å²) in [5.74, 6) is 1.18. The summed E-state index contributed by atoms with van der Waals surface area (Å²) in [7, 11) is 3.15. The zero-order valence-corrected chi connectivity index (χ0v) is 15.9. The number of thiazole rings is 1. The third kappa shape index (κ3) is 5.55. The second kappa shape index (κ2) is 9.33. The van der Waals surface area contributed by atoms with E-state index < -0.39 is 6.61 Å². The van der Waals surface area contributed by atoms with E-state index in [1.165, 1.54) is 18.1 Å². The summed E-state index contributed by atoms with van der Waals surface area (Å²) in [5.41, 5.74) is 1.55. The highest BCUT2D eigenvalue weighted by Crippen LogP contribution is 2.25. The molecule has 0 aliphatic rings. The number of ether oxygens (including phenoxy) is 2. The molecular weight excluding hydrogens is 362 g/mol. The number of methoxy groups -OCH3 is 1. The minimum Gasteiger partial charge on any atom is -0.497 e.